The van der Waals surface area contributed by atoms with Gasteiger partial charge in [-0.3, -0.25) is 4.79 Å². The molecule has 0 spiro atoms. The first kappa shape index (κ1) is 16.3. The Morgan fingerprint density at radius 2 is 2.16 bits per heavy atom. The second-order valence-electron chi connectivity index (χ2n) is 4.80. The minimum Gasteiger partial charge on any atom is -0.480 e. The van der Waals surface area contributed by atoms with Gasteiger partial charge in [0.25, 0.3) is 0 Å². The fraction of sp³-hybridized carbons (Fsp3) is 0.846. The molecule has 5 nitrogen and oxygen atoms in total. The van der Waals surface area contributed by atoms with Gasteiger partial charge in [0.1, 0.15) is 6.04 Å². The van der Waals surface area contributed by atoms with E-state index in [4.69, 9.17) is 9.84 Å². The van der Waals surface area contributed by atoms with Crippen molar-refractivity contribution < 1.29 is 19.4 Å². The maximum Gasteiger partial charge on any atom is 0.327 e. The van der Waals surface area contributed by atoms with Gasteiger partial charge in [-0.05, 0) is 30.9 Å². The van der Waals surface area contributed by atoms with Crippen LogP contribution in [0.1, 0.15) is 32.1 Å². The number of carbonyl (C=O) groups is 2. The van der Waals surface area contributed by atoms with Gasteiger partial charge in [0.2, 0.25) is 6.41 Å². The van der Waals surface area contributed by atoms with E-state index in [9.17, 15) is 9.59 Å². The number of amides is 1. The summed E-state index contributed by atoms with van der Waals surface area (Å²) in [5.41, 5.74) is 0. The van der Waals surface area contributed by atoms with Crippen LogP contribution in [0.4, 0.5) is 0 Å². The lowest BCUT2D eigenvalue weighted by Crippen LogP contribution is -2.37. The highest BCUT2D eigenvalue weighted by atomic mass is 32.2. The number of aliphatic carboxylic acids is 1. The summed E-state index contributed by atoms with van der Waals surface area (Å²) >= 11 is 1.59. The summed E-state index contributed by atoms with van der Waals surface area (Å²) in [6, 6.07) is -0.766. The number of ether oxygens (including phenoxy) is 1. The Kier molecular flexibility index (Phi) is 8.66. The third kappa shape index (κ3) is 7.42. The minimum atomic E-state index is -0.971. The van der Waals surface area contributed by atoms with Gasteiger partial charge in [-0.25, -0.2) is 4.79 Å². The first-order chi connectivity index (χ1) is 9.24. The number of carboxylic acids is 1. The number of hydrogen-bond acceptors (Lipinski definition) is 4. The molecule has 0 aliphatic carbocycles. The van der Waals surface area contributed by atoms with Crippen LogP contribution in [0.15, 0.2) is 0 Å². The fourth-order valence-corrected chi connectivity index (χ4v) is 3.20. The molecule has 2 N–H and O–H groups in total. The van der Waals surface area contributed by atoms with Crippen molar-refractivity contribution in [3.8, 4) is 0 Å². The summed E-state index contributed by atoms with van der Waals surface area (Å²) < 4.78 is 5.32. The molecule has 1 aliphatic heterocycles. The zero-order valence-corrected chi connectivity index (χ0v) is 12.0. The third-order valence-electron chi connectivity index (χ3n) is 3.34. The number of carbonyl (C=O) groups excluding carboxylic acids is 1. The van der Waals surface area contributed by atoms with E-state index < -0.39 is 12.0 Å². The lowest BCUT2D eigenvalue weighted by molar-refractivity contribution is -0.139. The number of unbranched alkanes of at least 4 members (excludes halogenated alkanes) is 1. The van der Waals surface area contributed by atoms with Crippen LogP contribution in [0.5, 0.6) is 0 Å². The molecular weight excluding hydrogens is 266 g/mol. The molecular formula is C13H23NO4S. The van der Waals surface area contributed by atoms with Crippen LogP contribution in [-0.4, -0.2) is 48.2 Å². The van der Waals surface area contributed by atoms with E-state index in [1.165, 1.54) is 25.7 Å². The van der Waals surface area contributed by atoms with Crippen LogP contribution in [0.25, 0.3) is 0 Å². The van der Waals surface area contributed by atoms with E-state index in [0.717, 1.165) is 31.3 Å². The summed E-state index contributed by atoms with van der Waals surface area (Å²) in [4.78, 5) is 21.0. The molecule has 1 amide bonds. The molecule has 1 atom stereocenters. The van der Waals surface area contributed by atoms with Gasteiger partial charge < -0.3 is 15.2 Å². The standard InChI is InChI=1S/C13H23NO4S/c15-10-14-12(13(16)17)9-19-8-2-1-3-11-4-6-18-7-5-11/h10-12H,1-9H2,(H,14,15)(H,16,17). The van der Waals surface area contributed by atoms with Gasteiger partial charge >= 0.3 is 5.97 Å². The molecule has 0 aromatic heterocycles. The van der Waals surface area contributed by atoms with Gasteiger partial charge in [0.05, 0.1) is 0 Å². The van der Waals surface area contributed by atoms with E-state index in [0.29, 0.717) is 12.2 Å². The normalized spacial score (nSPS) is 17.9. The largest absolute Gasteiger partial charge is 0.480 e. The van der Waals surface area contributed by atoms with Gasteiger partial charge in [-0.2, -0.15) is 11.8 Å². The molecule has 19 heavy (non-hydrogen) atoms. The fourth-order valence-electron chi connectivity index (χ4n) is 2.15. The maximum absolute atomic E-state index is 10.8. The molecule has 0 aromatic carbocycles. The molecule has 110 valence electrons. The molecule has 1 rings (SSSR count). The Morgan fingerprint density at radius 3 is 2.79 bits per heavy atom. The highest BCUT2D eigenvalue weighted by Crippen LogP contribution is 2.21. The summed E-state index contributed by atoms with van der Waals surface area (Å²) in [5.74, 6) is 1.22. The summed E-state index contributed by atoms with van der Waals surface area (Å²) in [6.07, 6.45) is 6.35. The van der Waals surface area contributed by atoms with Crippen molar-refractivity contribution in [2.75, 3.05) is 24.7 Å². The lowest BCUT2D eigenvalue weighted by Gasteiger charge is -2.21. The van der Waals surface area contributed by atoms with Gasteiger partial charge in [-0.1, -0.05) is 12.8 Å². The predicted molar refractivity (Wildman–Crippen MR) is 75.3 cm³/mol. The van der Waals surface area contributed by atoms with Crippen molar-refractivity contribution in [2.45, 2.75) is 38.1 Å². The number of hydrogen-bond donors (Lipinski definition) is 2. The molecule has 0 saturated carbocycles. The van der Waals surface area contributed by atoms with Crippen molar-refractivity contribution in [2.24, 2.45) is 5.92 Å². The topological polar surface area (TPSA) is 75.6 Å². The van der Waals surface area contributed by atoms with E-state index in [2.05, 4.69) is 5.32 Å². The van der Waals surface area contributed by atoms with Crippen molar-refractivity contribution in [1.29, 1.82) is 0 Å². The van der Waals surface area contributed by atoms with Crippen LogP contribution in [0.2, 0.25) is 0 Å². The highest BCUT2D eigenvalue weighted by molar-refractivity contribution is 7.99. The zero-order chi connectivity index (χ0) is 13.9. The van der Waals surface area contributed by atoms with E-state index in [-0.39, 0.29) is 0 Å². The minimum absolute atomic E-state index is 0.436. The van der Waals surface area contributed by atoms with Crippen LogP contribution in [-0.2, 0) is 14.3 Å². The quantitative estimate of drug-likeness (QED) is 0.471. The Balaban J connectivity index is 1.97. The molecule has 1 unspecified atom stereocenters. The monoisotopic (exact) mass is 289 g/mol. The number of rotatable bonds is 10. The SMILES string of the molecule is O=CNC(CSCCCCC1CCOCC1)C(=O)O. The molecule has 0 radical (unpaired) electrons. The van der Waals surface area contributed by atoms with E-state index in [1.54, 1.807) is 11.8 Å². The number of carboxylic acid groups (broad SMARTS) is 1. The van der Waals surface area contributed by atoms with Gasteiger partial charge in [0, 0.05) is 19.0 Å². The summed E-state index contributed by atoms with van der Waals surface area (Å²) in [7, 11) is 0. The van der Waals surface area contributed by atoms with E-state index >= 15 is 0 Å². The summed E-state index contributed by atoms with van der Waals surface area (Å²) in [6.45, 7) is 1.80. The Labute approximate surface area is 118 Å². The van der Waals surface area contributed by atoms with Gasteiger partial charge in [0.15, 0.2) is 0 Å². The lowest BCUT2D eigenvalue weighted by atomic mass is 9.94. The molecule has 1 saturated heterocycles. The number of thioether (sulfide) groups is 1. The third-order valence-corrected chi connectivity index (χ3v) is 4.49. The maximum atomic E-state index is 10.8. The van der Waals surface area contributed by atoms with Crippen LogP contribution in [0.3, 0.4) is 0 Å². The average molecular weight is 289 g/mol. The van der Waals surface area contributed by atoms with Crippen molar-refractivity contribution >= 4 is 24.1 Å². The van der Waals surface area contributed by atoms with Crippen molar-refractivity contribution in [3.63, 3.8) is 0 Å². The molecule has 0 aromatic rings. The highest BCUT2D eigenvalue weighted by Gasteiger charge is 2.16. The zero-order valence-electron chi connectivity index (χ0n) is 11.2. The summed E-state index contributed by atoms with van der Waals surface area (Å²) in [5, 5.41) is 11.1. The Morgan fingerprint density at radius 1 is 1.42 bits per heavy atom. The molecule has 1 aliphatic rings. The van der Waals surface area contributed by atoms with Gasteiger partial charge in [-0.15, -0.1) is 0 Å². The molecule has 1 fully saturated rings. The smallest absolute Gasteiger partial charge is 0.327 e. The predicted octanol–water partition coefficient (Wildman–Crippen LogP) is 1.52. The molecule has 0 bridgehead atoms. The number of nitrogens with one attached hydrogen (secondary N) is 1. The first-order valence-electron chi connectivity index (χ1n) is 6.82. The Hall–Kier alpha value is -0.750. The first-order valence-corrected chi connectivity index (χ1v) is 7.97. The van der Waals surface area contributed by atoms with Crippen LogP contribution < -0.4 is 5.32 Å². The van der Waals surface area contributed by atoms with Crippen molar-refractivity contribution in [3.05, 3.63) is 0 Å². The second kappa shape index (κ2) is 10.1. The molecule has 6 heteroatoms. The average Bonchev–Trinajstić information content (AvgIpc) is 2.42. The molecule has 1 heterocycles. The van der Waals surface area contributed by atoms with Crippen LogP contribution in [0, 0.1) is 5.92 Å². The van der Waals surface area contributed by atoms with Crippen LogP contribution >= 0.6 is 11.8 Å². The van der Waals surface area contributed by atoms with Crippen molar-refractivity contribution in [1.82, 2.24) is 5.32 Å². The second-order valence-corrected chi connectivity index (χ2v) is 5.95. The van der Waals surface area contributed by atoms with E-state index in [1.807, 2.05) is 0 Å². The Bertz CT molecular complexity index is 269.